The highest BCUT2D eigenvalue weighted by atomic mass is 16.5. The number of aliphatic hydroxyl groups is 2. The Labute approximate surface area is 481 Å². The summed E-state index contributed by atoms with van der Waals surface area (Å²) in [5.74, 6) is -0.0152. The van der Waals surface area contributed by atoms with Crippen molar-refractivity contribution in [1.82, 2.24) is 5.32 Å². The van der Waals surface area contributed by atoms with Crippen molar-refractivity contribution in [2.45, 2.75) is 405 Å². The molecule has 0 bridgehead atoms. The average molecular weight is 1080 g/mol. The van der Waals surface area contributed by atoms with E-state index in [9.17, 15) is 19.8 Å². The molecule has 0 saturated heterocycles. The van der Waals surface area contributed by atoms with Gasteiger partial charge in [-0.2, -0.15) is 0 Å². The molecule has 0 aromatic heterocycles. The van der Waals surface area contributed by atoms with E-state index in [2.05, 4.69) is 43.5 Å². The van der Waals surface area contributed by atoms with E-state index in [-0.39, 0.29) is 18.5 Å². The molecule has 0 radical (unpaired) electrons. The van der Waals surface area contributed by atoms with E-state index in [1.165, 1.54) is 315 Å². The van der Waals surface area contributed by atoms with Crippen LogP contribution in [-0.2, 0) is 14.3 Å². The zero-order valence-electron chi connectivity index (χ0n) is 52.2. The Morgan fingerprint density at radius 2 is 0.649 bits per heavy atom. The van der Waals surface area contributed by atoms with Crippen molar-refractivity contribution in [2.75, 3.05) is 13.2 Å². The summed E-state index contributed by atoms with van der Waals surface area (Å²) >= 11 is 0. The van der Waals surface area contributed by atoms with Crippen LogP contribution in [0.3, 0.4) is 0 Å². The normalized spacial score (nSPS) is 12.6. The highest BCUT2D eigenvalue weighted by Crippen LogP contribution is 2.19. The maximum absolute atomic E-state index is 12.5. The number of allylic oxidation sites excluding steroid dienone is 4. The van der Waals surface area contributed by atoms with Crippen molar-refractivity contribution in [1.29, 1.82) is 0 Å². The number of rotatable bonds is 66. The standard InChI is InChI=1S/C71H137NO5/c1-3-5-7-9-11-13-15-17-18-34-38-41-45-49-53-57-61-65-71(76)77-66-62-58-54-50-46-42-39-36-33-31-29-27-25-23-21-19-20-22-24-26-28-30-32-35-37-40-44-48-52-56-60-64-70(75)72-68(67-73)69(74)63-59-55-51-47-43-16-14-12-10-8-6-4-2/h21,23,27,29,68-69,73-74H,3-20,22,24-26,28,30-67H2,1-2H3,(H,72,75)/b23-21-,29-27-. The number of unbranched alkanes of at least 4 members (excludes halogenated alkanes) is 51. The SMILES string of the molecule is CCCCCCCCCCCCCCCCCCCC(=O)OCCCCCCCCCCC/C=C\C/C=C\CCCCCCCCCCCCCCCCCC(=O)NC(CO)C(O)CCCCCCCCCCCCCC. The van der Waals surface area contributed by atoms with Gasteiger partial charge >= 0.3 is 5.97 Å². The van der Waals surface area contributed by atoms with E-state index in [1.54, 1.807) is 0 Å². The molecule has 77 heavy (non-hydrogen) atoms. The highest BCUT2D eigenvalue weighted by Gasteiger charge is 2.20. The molecule has 6 heteroatoms. The Morgan fingerprint density at radius 3 is 0.987 bits per heavy atom. The Bertz CT molecular complexity index is 1200. The van der Waals surface area contributed by atoms with Crippen LogP contribution in [0.15, 0.2) is 24.3 Å². The van der Waals surface area contributed by atoms with Crippen molar-refractivity contribution >= 4 is 11.9 Å². The van der Waals surface area contributed by atoms with E-state index < -0.39 is 12.1 Å². The summed E-state index contributed by atoms with van der Waals surface area (Å²) in [4.78, 5) is 24.6. The van der Waals surface area contributed by atoms with Gasteiger partial charge in [-0.15, -0.1) is 0 Å². The lowest BCUT2D eigenvalue weighted by Gasteiger charge is -2.22. The van der Waals surface area contributed by atoms with Gasteiger partial charge in [0.15, 0.2) is 0 Å². The van der Waals surface area contributed by atoms with Gasteiger partial charge in [-0.05, 0) is 57.8 Å². The molecule has 2 atom stereocenters. The second-order valence-corrected chi connectivity index (χ2v) is 24.2. The van der Waals surface area contributed by atoms with Gasteiger partial charge in [0.25, 0.3) is 0 Å². The topological polar surface area (TPSA) is 95.9 Å². The van der Waals surface area contributed by atoms with Crippen LogP contribution >= 0.6 is 0 Å². The van der Waals surface area contributed by atoms with Crippen LogP contribution in [0.25, 0.3) is 0 Å². The van der Waals surface area contributed by atoms with Gasteiger partial charge in [0, 0.05) is 12.8 Å². The van der Waals surface area contributed by atoms with Gasteiger partial charge in [0.1, 0.15) is 0 Å². The summed E-state index contributed by atoms with van der Waals surface area (Å²) in [6.07, 6.45) is 83.8. The van der Waals surface area contributed by atoms with Gasteiger partial charge in [0.05, 0.1) is 25.4 Å². The second kappa shape index (κ2) is 66.8. The Morgan fingerprint density at radius 1 is 0.364 bits per heavy atom. The molecule has 0 fully saturated rings. The number of hydrogen-bond donors (Lipinski definition) is 3. The maximum Gasteiger partial charge on any atom is 0.305 e. The maximum atomic E-state index is 12.5. The largest absolute Gasteiger partial charge is 0.466 e. The summed E-state index contributed by atoms with van der Waals surface area (Å²) in [7, 11) is 0. The third-order valence-electron chi connectivity index (χ3n) is 16.5. The summed E-state index contributed by atoms with van der Waals surface area (Å²) in [5, 5.41) is 23.3. The molecule has 0 saturated carbocycles. The van der Waals surface area contributed by atoms with Crippen molar-refractivity contribution in [3.05, 3.63) is 24.3 Å². The number of carbonyl (C=O) groups excluding carboxylic acids is 2. The minimum absolute atomic E-state index is 0.0178. The molecular formula is C71H137NO5. The van der Waals surface area contributed by atoms with E-state index in [0.29, 0.717) is 25.9 Å². The second-order valence-electron chi connectivity index (χ2n) is 24.2. The fourth-order valence-electron chi connectivity index (χ4n) is 11.1. The third-order valence-corrected chi connectivity index (χ3v) is 16.5. The number of hydrogen-bond acceptors (Lipinski definition) is 5. The third kappa shape index (κ3) is 63.4. The van der Waals surface area contributed by atoms with Crippen LogP contribution in [0, 0.1) is 0 Å². The molecule has 1 amide bonds. The fourth-order valence-corrected chi connectivity index (χ4v) is 11.1. The van der Waals surface area contributed by atoms with Crippen LogP contribution in [0.2, 0.25) is 0 Å². The number of ether oxygens (including phenoxy) is 1. The zero-order chi connectivity index (χ0) is 55.7. The lowest BCUT2D eigenvalue weighted by Crippen LogP contribution is -2.45. The first-order valence-electron chi connectivity index (χ1n) is 35.1. The number of nitrogens with one attached hydrogen (secondary N) is 1. The lowest BCUT2D eigenvalue weighted by molar-refractivity contribution is -0.143. The molecule has 0 aromatic carbocycles. The Kier molecular flexibility index (Phi) is 65.4. The molecule has 0 heterocycles. The monoisotopic (exact) mass is 1080 g/mol. The molecule has 0 aliphatic rings. The van der Waals surface area contributed by atoms with Gasteiger partial charge < -0.3 is 20.3 Å². The summed E-state index contributed by atoms with van der Waals surface area (Å²) in [6, 6.07) is -0.540. The number of aliphatic hydroxyl groups excluding tert-OH is 2. The van der Waals surface area contributed by atoms with Crippen molar-refractivity contribution in [3.8, 4) is 0 Å². The molecule has 0 aromatic rings. The molecule has 6 nitrogen and oxygen atoms in total. The molecule has 0 aliphatic carbocycles. The number of amides is 1. The molecule has 2 unspecified atom stereocenters. The van der Waals surface area contributed by atoms with Gasteiger partial charge in [0.2, 0.25) is 5.91 Å². The first kappa shape index (κ1) is 75.3. The molecule has 3 N–H and O–H groups in total. The van der Waals surface area contributed by atoms with E-state index >= 15 is 0 Å². The fraction of sp³-hybridized carbons (Fsp3) is 0.915. The van der Waals surface area contributed by atoms with Crippen LogP contribution in [0.5, 0.6) is 0 Å². The molecular weight excluding hydrogens is 947 g/mol. The smallest absolute Gasteiger partial charge is 0.305 e. The molecule has 0 aliphatic heterocycles. The summed E-state index contributed by atoms with van der Waals surface area (Å²) < 4.78 is 5.50. The lowest BCUT2D eigenvalue weighted by atomic mass is 10.0. The predicted octanol–water partition coefficient (Wildman–Crippen LogP) is 22.5. The minimum atomic E-state index is -0.662. The summed E-state index contributed by atoms with van der Waals surface area (Å²) in [5.41, 5.74) is 0. The molecule has 0 rings (SSSR count). The Balaban J connectivity index is 3.36. The van der Waals surface area contributed by atoms with Crippen LogP contribution in [-0.4, -0.2) is 47.4 Å². The number of esters is 1. The summed E-state index contributed by atoms with van der Waals surface area (Å²) in [6.45, 7) is 4.98. The molecule has 0 spiro atoms. The van der Waals surface area contributed by atoms with Crippen molar-refractivity contribution in [2.24, 2.45) is 0 Å². The zero-order valence-corrected chi connectivity index (χ0v) is 52.2. The van der Waals surface area contributed by atoms with Crippen molar-refractivity contribution < 1.29 is 24.5 Å². The first-order chi connectivity index (χ1) is 38.0. The average Bonchev–Trinajstić information content (AvgIpc) is 3.43. The van der Waals surface area contributed by atoms with E-state index in [0.717, 1.165) is 44.9 Å². The van der Waals surface area contributed by atoms with Gasteiger partial charge in [-0.3, -0.25) is 9.59 Å². The van der Waals surface area contributed by atoms with E-state index in [4.69, 9.17) is 4.74 Å². The minimum Gasteiger partial charge on any atom is -0.466 e. The number of carbonyl (C=O) groups is 2. The highest BCUT2D eigenvalue weighted by molar-refractivity contribution is 5.76. The molecule has 456 valence electrons. The Hall–Kier alpha value is -1.66. The van der Waals surface area contributed by atoms with Crippen LogP contribution < -0.4 is 5.32 Å². The first-order valence-corrected chi connectivity index (χ1v) is 35.1. The van der Waals surface area contributed by atoms with Crippen LogP contribution in [0.1, 0.15) is 393 Å². The quantitative estimate of drug-likeness (QED) is 0.0320. The predicted molar refractivity (Wildman–Crippen MR) is 338 cm³/mol. The van der Waals surface area contributed by atoms with Gasteiger partial charge in [-0.1, -0.05) is 346 Å². The van der Waals surface area contributed by atoms with E-state index in [1.807, 2.05) is 0 Å². The van der Waals surface area contributed by atoms with Gasteiger partial charge in [-0.25, -0.2) is 0 Å². The van der Waals surface area contributed by atoms with Crippen LogP contribution in [0.4, 0.5) is 0 Å². The van der Waals surface area contributed by atoms with Crippen molar-refractivity contribution in [3.63, 3.8) is 0 Å².